The molecule has 0 fully saturated rings. The van der Waals surface area contributed by atoms with Gasteiger partial charge in [-0.1, -0.05) is 17.7 Å². The molecule has 1 aromatic carbocycles. The summed E-state index contributed by atoms with van der Waals surface area (Å²) in [6.45, 7) is 9.08. The van der Waals surface area contributed by atoms with Crippen molar-refractivity contribution in [2.75, 3.05) is 25.5 Å². The Balaban J connectivity index is 2.67. The van der Waals surface area contributed by atoms with Gasteiger partial charge in [-0.25, -0.2) is 0 Å². The molecule has 3 N–H and O–H groups in total. The van der Waals surface area contributed by atoms with E-state index in [1.165, 1.54) is 5.56 Å². The van der Waals surface area contributed by atoms with Gasteiger partial charge in [0.1, 0.15) is 0 Å². The zero-order chi connectivity index (χ0) is 14.6. The van der Waals surface area contributed by atoms with Crippen LogP contribution in [0.4, 0.5) is 5.69 Å². The maximum Gasteiger partial charge on any atom is 0.238 e. The number of likely N-dealkylation sites (N-methyl/N-ethyl adjacent to an activating group) is 1. The number of carbonyl (C=O) groups is 1. The van der Waals surface area contributed by atoms with Crippen LogP contribution in [0.15, 0.2) is 12.1 Å². The van der Waals surface area contributed by atoms with Crippen molar-refractivity contribution >= 4 is 11.6 Å². The number of nitrogens with one attached hydrogen (secondary N) is 1. The fourth-order valence-corrected chi connectivity index (χ4v) is 2.36. The lowest BCUT2D eigenvalue weighted by Crippen LogP contribution is -2.37. The van der Waals surface area contributed by atoms with Crippen LogP contribution < -0.4 is 11.1 Å². The van der Waals surface area contributed by atoms with Gasteiger partial charge in [0.25, 0.3) is 0 Å². The standard InChI is InChI=1S/C15H25N3O/c1-10-6-11(2)15(12(3)7-10)17-14(19)9-18(5)8-13(4)16/h6-7,13H,8-9,16H2,1-5H3,(H,17,19). The Morgan fingerprint density at radius 2 is 1.84 bits per heavy atom. The largest absolute Gasteiger partial charge is 0.327 e. The molecule has 0 aromatic heterocycles. The van der Waals surface area contributed by atoms with E-state index in [1.54, 1.807) is 0 Å². The number of amides is 1. The molecule has 0 aliphatic rings. The zero-order valence-electron chi connectivity index (χ0n) is 12.6. The minimum Gasteiger partial charge on any atom is -0.327 e. The van der Waals surface area contributed by atoms with Crippen LogP contribution >= 0.6 is 0 Å². The van der Waals surface area contributed by atoms with Crippen molar-refractivity contribution in [3.8, 4) is 0 Å². The number of nitrogens with zero attached hydrogens (tertiary/aromatic N) is 1. The Morgan fingerprint density at radius 1 is 1.32 bits per heavy atom. The molecule has 0 saturated heterocycles. The van der Waals surface area contributed by atoms with E-state index < -0.39 is 0 Å². The monoisotopic (exact) mass is 263 g/mol. The number of carbonyl (C=O) groups excluding carboxylic acids is 1. The summed E-state index contributed by atoms with van der Waals surface area (Å²) in [5.41, 5.74) is 10.0. The molecule has 0 spiro atoms. The molecule has 0 heterocycles. The quantitative estimate of drug-likeness (QED) is 0.852. The van der Waals surface area contributed by atoms with Crippen LogP contribution in [0.2, 0.25) is 0 Å². The lowest BCUT2D eigenvalue weighted by molar-refractivity contribution is -0.117. The van der Waals surface area contributed by atoms with Crippen LogP contribution in [0.3, 0.4) is 0 Å². The number of nitrogens with two attached hydrogens (primary N) is 1. The third-order valence-corrected chi connectivity index (χ3v) is 2.95. The van der Waals surface area contributed by atoms with Gasteiger partial charge < -0.3 is 11.1 Å². The third-order valence-electron chi connectivity index (χ3n) is 2.95. The van der Waals surface area contributed by atoms with Gasteiger partial charge in [-0.2, -0.15) is 0 Å². The van der Waals surface area contributed by atoms with Gasteiger partial charge in [0.2, 0.25) is 5.91 Å². The van der Waals surface area contributed by atoms with Gasteiger partial charge in [0.15, 0.2) is 0 Å². The van der Waals surface area contributed by atoms with Crippen molar-refractivity contribution < 1.29 is 4.79 Å². The Bertz CT molecular complexity index is 432. The Hall–Kier alpha value is -1.39. The van der Waals surface area contributed by atoms with Crippen molar-refractivity contribution in [2.45, 2.75) is 33.7 Å². The van der Waals surface area contributed by atoms with Crippen LogP contribution in [-0.2, 0) is 4.79 Å². The highest BCUT2D eigenvalue weighted by atomic mass is 16.2. The summed E-state index contributed by atoms with van der Waals surface area (Å²) >= 11 is 0. The van der Waals surface area contributed by atoms with Crippen LogP contribution in [0, 0.1) is 20.8 Å². The summed E-state index contributed by atoms with van der Waals surface area (Å²) in [6.07, 6.45) is 0. The number of aryl methyl sites for hydroxylation is 3. The van der Waals surface area contributed by atoms with E-state index in [2.05, 4.69) is 24.4 Å². The molecular weight excluding hydrogens is 238 g/mol. The van der Waals surface area contributed by atoms with Crippen LogP contribution in [0.5, 0.6) is 0 Å². The number of rotatable bonds is 5. The molecule has 1 aromatic rings. The number of hydrogen-bond acceptors (Lipinski definition) is 3. The van der Waals surface area contributed by atoms with E-state index in [1.807, 2.05) is 32.7 Å². The summed E-state index contributed by atoms with van der Waals surface area (Å²) in [7, 11) is 1.90. The minimum atomic E-state index is -0.00166. The lowest BCUT2D eigenvalue weighted by Gasteiger charge is -2.19. The van der Waals surface area contributed by atoms with Gasteiger partial charge in [0, 0.05) is 18.3 Å². The second-order valence-electron chi connectivity index (χ2n) is 5.50. The summed E-state index contributed by atoms with van der Waals surface area (Å²) in [5, 5.41) is 2.99. The molecule has 106 valence electrons. The first-order valence-electron chi connectivity index (χ1n) is 6.61. The lowest BCUT2D eigenvalue weighted by atomic mass is 10.1. The van der Waals surface area contributed by atoms with E-state index in [0.29, 0.717) is 13.1 Å². The molecule has 19 heavy (non-hydrogen) atoms. The van der Waals surface area contributed by atoms with E-state index in [4.69, 9.17) is 5.73 Å². The Morgan fingerprint density at radius 3 is 2.32 bits per heavy atom. The SMILES string of the molecule is Cc1cc(C)c(NC(=O)CN(C)CC(C)N)c(C)c1. The first-order chi connectivity index (χ1) is 8.79. The molecule has 4 heteroatoms. The highest BCUT2D eigenvalue weighted by molar-refractivity contribution is 5.93. The van der Waals surface area contributed by atoms with Crippen molar-refractivity contribution in [2.24, 2.45) is 5.73 Å². The highest BCUT2D eigenvalue weighted by Gasteiger charge is 2.11. The van der Waals surface area contributed by atoms with E-state index in [-0.39, 0.29) is 11.9 Å². The molecule has 1 amide bonds. The minimum absolute atomic E-state index is 0.00166. The zero-order valence-corrected chi connectivity index (χ0v) is 12.6. The summed E-state index contributed by atoms with van der Waals surface area (Å²) in [5.74, 6) is -0.00166. The highest BCUT2D eigenvalue weighted by Crippen LogP contribution is 2.21. The number of benzene rings is 1. The van der Waals surface area contributed by atoms with Gasteiger partial charge in [-0.3, -0.25) is 9.69 Å². The average molecular weight is 263 g/mol. The summed E-state index contributed by atoms with van der Waals surface area (Å²) in [4.78, 5) is 13.9. The van der Waals surface area contributed by atoms with E-state index in [0.717, 1.165) is 16.8 Å². The Labute approximate surface area is 116 Å². The normalized spacial score (nSPS) is 12.6. The van der Waals surface area contributed by atoms with Gasteiger partial charge in [0.05, 0.1) is 6.54 Å². The molecule has 1 rings (SSSR count). The van der Waals surface area contributed by atoms with Crippen molar-refractivity contribution in [1.82, 2.24) is 4.90 Å². The molecule has 0 radical (unpaired) electrons. The molecule has 0 aliphatic heterocycles. The smallest absolute Gasteiger partial charge is 0.238 e. The predicted molar refractivity (Wildman–Crippen MR) is 80.4 cm³/mol. The second kappa shape index (κ2) is 6.68. The molecule has 0 aliphatic carbocycles. The number of anilines is 1. The maximum atomic E-state index is 12.0. The maximum absolute atomic E-state index is 12.0. The van der Waals surface area contributed by atoms with Crippen molar-refractivity contribution in [1.29, 1.82) is 0 Å². The molecule has 1 atom stereocenters. The van der Waals surface area contributed by atoms with E-state index in [9.17, 15) is 4.79 Å². The summed E-state index contributed by atoms with van der Waals surface area (Å²) in [6, 6.07) is 4.23. The predicted octanol–water partition coefficient (Wildman–Crippen LogP) is 1.83. The third kappa shape index (κ3) is 5.01. The molecule has 0 bridgehead atoms. The first kappa shape index (κ1) is 15.7. The second-order valence-corrected chi connectivity index (χ2v) is 5.50. The van der Waals surface area contributed by atoms with Gasteiger partial charge >= 0.3 is 0 Å². The van der Waals surface area contributed by atoms with Crippen LogP contribution in [0.1, 0.15) is 23.6 Å². The first-order valence-corrected chi connectivity index (χ1v) is 6.61. The fraction of sp³-hybridized carbons (Fsp3) is 0.533. The Kier molecular flexibility index (Phi) is 5.51. The molecule has 0 saturated carbocycles. The van der Waals surface area contributed by atoms with E-state index >= 15 is 0 Å². The topological polar surface area (TPSA) is 58.4 Å². The summed E-state index contributed by atoms with van der Waals surface area (Å²) < 4.78 is 0. The average Bonchev–Trinajstić information content (AvgIpc) is 2.21. The fourth-order valence-electron chi connectivity index (χ4n) is 2.36. The molecular formula is C15H25N3O. The molecule has 1 unspecified atom stereocenters. The van der Waals surface area contributed by atoms with Crippen molar-refractivity contribution in [3.05, 3.63) is 28.8 Å². The van der Waals surface area contributed by atoms with Gasteiger partial charge in [-0.15, -0.1) is 0 Å². The van der Waals surface area contributed by atoms with Crippen LogP contribution in [-0.4, -0.2) is 37.0 Å². The molecule has 4 nitrogen and oxygen atoms in total. The number of hydrogen-bond donors (Lipinski definition) is 2. The van der Waals surface area contributed by atoms with Crippen molar-refractivity contribution in [3.63, 3.8) is 0 Å². The van der Waals surface area contributed by atoms with Gasteiger partial charge in [-0.05, 0) is 45.9 Å². The van der Waals surface area contributed by atoms with Crippen LogP contribution in [0.25, 0.3) is 0 Å².